The van der Waals surface area contributed by atoms with Crippen molar-refractivity contribution in [3.05, 3.63) is 28.8 Å². The van der Waals surface area contributed by atoms with E-state index < -0.39 is 16.3 Å². The second kappa shape index (κ2) is 6.45. The van der Waals surface area contributed by atoms with Crippen molar-refractivity contribution in [3.8, 4) is 0 Å². The van der Waals surface area contributed by atoms with E-state index in [4.69, 9.17) is 21.1 Å². The van der Waals surface area contributed by atoms with Crippen LogP contribution in [0.4, 0.5) is 0 Å². The Bertz CT molecular complexity index is 643. The summed E-state index contributed by atoms with van der Waals surface area (Å²) in [6.45, 7) is 3.31. The molecule has 122 valence electrons. The molecule has 0 bridgehead atoms. The summed E-state index contributed by atoms with van der Waals surface area (Å²) in [7, 11) is -3.61. The summed E-state index contributed by atoms with van der Waals surface area (Å²) in [4.78, 5) is 0.268. The Hall–Kier alpha value is -0.660. The number of ether oxygens (including phenoxy) is 2. The fourth-order valence-corrected chi connectivity index (χ4v) is 5.25. The minimum Gasteiger partial charge on any atom is -0.349 e. The molecule has 0 aliphatic carbocycles. The summed E-state index contributed by atoms with van der Waals surface area (Å²) in [5.41, 5.74) is 0.696. The molecular formula is C15H20ClNO4S. The van der Waals surface area contributed by atoms with E-state index in [2.05, 4.69) is 0 Å². The Morgan fingerprint density at radius 2 is 1.95 bits per heavy atom. The van der Waals surface area contributed by atoms with Crippen LogP contribution < -0.4 is 0 Å². The van der Waals surface area contributed by atoms with E-state index in [-0.39, 0.29) is 10.9 Å². The zero-order valence-electron chi connectivity index (χ0n) is 12.5. The number of hydrogen-bond acceptors (Lipinski definition) is 4. The molecule has 1 aromatic rings. The number of sulfonamides is 1. The molecular weight excluding hydrogens is 326 g/mol. The van der Waals surface area contributed by atoms with Crippen LogP contribution >= 0.6 is 11.6 Å². The molecule has 3 rings (SSSR count). The third-order valence-electron chi connectivity index (χ3n) is 4.20. The minimum absolute atomic E-state index is 0.264. The van der Waals surface area contributed by atoms with E-state index in [1.165, 1.54) is 10.4 Å². The third kappa shape index (κ3) is 3.03. The standard InChI is InChI=1S/C15H20ClNO4S/c1-11-5-6-12(16)10-14(11)22(18,19)17-7-3-2-4-13(17)15-20-8-9-21-15/h5-6,10,13,15H,2-4,7-9H2,1H3/t13-/m0/s1. The molecule has 1 aromatic carbocycles. The van der Waals surface area contributed by atoms with Gasteiger partial charge in [0.05, 0.1) is 24.2 Å². The monoisotopic (exact) mass is 345 g/mol. The SMILES string of the molecule is Cc1ccc(Cl)cc1S(=O)(=O)N1CCCC[C@H]1C1OCCO1. The zero-order chi connectivity index (χ0) is 15.7. The second-order valence-corrected chi connectivity index (χ2v) is 7.99. The molecule has 22 heavy (non-hydrogen) atoms. The Morgan fingerprint density at radius 1 is 1.23 bits per heavy atom. The molecule has 2 aliphatic rings. The first-order chi connectivity index (χ1) is 10.5. The number of halogens is 1. The average molecular weight is 346 g/mol. The normalized spacial score (nSPS) is 24.7. The Morgan fingerprint density at radius 3 is 2.68 bits per heavy atom. The predicted octanol–water partition coefficient (Wildman–Crippen LogP) is 2.56. The van der Waals surface area contributed by atoms with Gasteiger partial charge in [0.15, 0.2) is 6.29 Å². The predicted molar refractivity (Wildman–Crippen MR) is 83.4 cm³/mol. The summed E-state index contributed by atoms with van der Waals surface area (Å²) in [5.74, 6) is 0. The van der Waals surface area contributed by atoms with Gasteiger partial charge in [0.25, 0.3) is 0 Å². The van der Waals surface area contributed by atoms with Crippen LogP contribution in [0.25, 0.3) is 0 Å². The maximum Gasteiger partial charge on any atom is 0.243 e. The van der Waals surface area contributed by atoms with Gasteiger partial charge >= 0.3 is 0 Å². The molecule has 0 aromatic heterocycles. The highest BCUT2D eigenvalue weighted by Gasteiger charge is 2.40. The number of rotatable bonds is 3. The number of piperidine rings is 1. The Balaban J connectivity index is 1.96. The van der Waals surface area contributed by atoms with Crippen LogP contribution in [-0.2, 0) is 19.5 Å². The van der Waals surface area contributed by atoms with Crippen molar-refractivity contribution in [1.82, 2.24) is 4.31 Å². The molecule has 0 saturated carbocycles. The van der Waals surface area contributed by atoms with Crippen molar-refractivity contribution in [3.63, 3.8) is 0 Å². The Kier molecular flexibility index (Phi) is 4.75. The molecule has 0 radical (unpaired) electrons. The van der Waals surface area contributed by atoms with Crippen molar-refractivity contribution >= 4 is 21.6 Å². The summed E-state index contributed by atoms with van der Waals surface area (Å²) in [5, 5.41) is 0.422. The summed E-state index contributed by atoms with van der Waals surface area (Å²) < 4.78 is 38.8. The minimum atomic E-state index is -3.61. The van der Waals surface area contributed by atoms with Gasteiger partial charge in [-0.25, -0.2) is 8.42 Å². The van der Waals surface area contributed by atoms with Crippen molar-refractivity contribution < 1.29 is 17.9 Å². The summed E-state index contributed by atoms with van der Waals surface area (Å²) >= 11 is 5.99. The highest BCUT2D eigenvalue weighted by Crippen LogP contribution is 2.31. The lowest BCUT2D eigenvalue weighted by atomic mass is 10.0. The van der Waals surface area contributed by atoms with E-state index in [0.29, 0.717) is 30.3 Å². The number of aryl methyl sites for hydroxylation is 1. The first-order valence-electron chi connectivity index (χ1n) is 7.51. The van der Waals surface area contributed by atoms with Crippen LogP contribution in [0.1, 0.15) is 24.8 Å². The van der Waals surface area contributed by atoms with Gasteiger partial charge in [0, 0.05) is 11.6 Å². The van der Waals surface area contributed by atoms with Gasteiger partial charge in [0.1, 0.15) is 0 Å². The molecule has 0 unspecified atom stereocenters. The topological polar surface area (TPSA) is 55.8 Å². The second-order valence-electron chi connectivity index (χ2n) is 5.70. The van der Waals surface area contributed by atoms with Crippen LogP contribution in [-0.4, -0.2) is 44.8 Å². The number of hydrogen-bond donors (Lipinski definition) is 0. The van der Waals surface area contributed by atoms with Gasteiger partial charge in [-0.15, -0.1) is 0 Å². The van der Waals surface area contributed by atoms with Gasteiger partial charge in [-0.1, -0.05) is 24.1 Å². The van der Waals surface area contributed by atoms with Gasteiger partial charge in [-0.3, -0.25) is 0 Å². The van der Waals surface area contributed by atoms with Gasteiger partial charge in [0.2, 0.25) is 10.0 Å². The van der Waals surface area contributed by atoms with Crippen molar-refractivity contribution in [2.75, 3.05) is 19.8 Å². The lowest BCUT2D eigenvalue weighted by molar-refractivity contribution is -0.0913. The molecule has 1 atom stereocenters. The molecule has 2 saturated heterocycles. The van der Waals surface area contributed by atoms with E-state index in [1.807, 2.05) is 0 Å². The first kappa shape index (κ1) is 16.2. The molecule has 0 N–H and O–H groups in total. The van der Waals surface area contributed by atoms with Gasteiger partial charge < -0.3 is 9.47 Å². The molecule has 2 fully saturated rings. The highest BCUT2D eigenvalue weighted by atomic mass is 35.5. The van der Waals surface area contributed by atoms with Gasteiger partial charge in [-0.05, 0) is 37.5 Å². The smallest absolute Gasteiger partial charge is 0.243 e. The molecule has 2 aliphatic heterocycles. The number of nitrogens with zero attached hydrogens (tertiary/aromatic N) is 1. The summed E-state index contributed by atoms with van der Waals surface area (Å²) in [6.07, 6.45) is 2.12. The zero-order valence-corrected chi connectivity index (χ0v) is 14.1. The fraction of sp³-hybridized carbons (Fsp3) is 0.600. The largest absolute Gasteiger partial charge is 0.349 e. The maximum absolute atomic E-state index is 13.1. The van der Waals surface area contributed by atoms with E-state index in [9.17, 15) is 8.42 Å². The molecule has 0 spiro atoms. The van der Waals surface area contributed by atoms with Crippen molar-refractivity contribution in [2.45, 2.75) is 43.4 Å². The Labute approximate surface area is 136 Å². The summed E-state index contributed by atoms with van der Waals surface area (Å²) in [6, 6.07) is 4.69. The molecule has 0 amide bonds. The van der Waals surface area contributed by atoms with Crippen LogP contribution in [0.2, 0.25) is 5.02 Å². The average Bonchev–Trinajstić information content (AvgIpc) is 3.04. The first-order valence-corrected chi connectivity index (χ1v) is 9.33. The van der Waals surface area contributed by atoms with Crippen LogP contribution in [0.3, 0.4) is 0 Å². The van der Waals surface area contributed by atoms with E-state index in [1.54, 1.807) is 19.1 Å². The van der Waals surface area contributed by atoms with Crippen LogP contribution in [0.15, 0.2) is 23.1 Å². The molecule has 5 nitrogen and oxygen atoms in total. The third-order valence-corrected chi connectivity index (χ3v) is 6.50. The lowest BCUT2D eigenvalue weighted by Gasteiger charge is -2.37. The van der Waals surface area contributed by atoms with Crippen LogP contribution in [0.5, 0.6) is 0 Å². The van der Waals surface area contributed by atoms with Crippen molar-refractivity contribution in [2.24, 2.45) is 0 Å². The maximum atomic E-state index is 13.1. The van der Waals surface area contributed by atoms with E-state index in [0.717, 1.165) is 19.3 Å². The van der Waals surface area contributed by atoms with E-state index >= 15 is 0 Å². The lowest BCUT2D eigenvalue weighted by Crippen LogP contribution is -2.50. The highest BCUT2D eigenvalue weighted by molar-refractivity contribution is 7.89. The quantitative estimate of drug-likeness (QED) is 0.844. The molecule has 2 heterocycles. The number of benzene rings is 1. The fourth-order valence-electron chi connectivity index (χ4n) is 3.08. The van der Waals surface area contributed by atoms with Crippen LogP contribution in [0, 0.1) is 6.92 Å². The molecule has 7 heteroatoms. The van der Waals surface area contributed by atoms with Crippen molar-refractivity contribution in [1.29, 1.82) is 0 Å². The van der Waals surface area contributed by atoms with Gasteiger partial charge in [-0.2, -0.15) is 4.31 Å².